The predicted molar refractivity (Wildman–Crippen MR) is 161 cm³/mol. The van der Waals surface area contributed by atoms with Crippen molar-refractivity contribution in [2.24, 2.45) is 5.10 Å². The van der Waals surface area contributed by atoms with Gasteiger partial charge in [-0.2, -0.15) is 9.78 Å². The fourth-order valence-electron chi connectivity index (χ4n) is 3.85. The minimum absolute atomic E-state index is 0.262. The topological polar surface area (TPSA) is 65.7 Å². The Morgan fingerprint density at radius 3 is 2.37 bits per heavy atom. The quantitative estimate of drug-likeness (QED) is 0.163. The van der Waals surface area contributed by atoms with Crippen LogP contribution in [0.1, 0.15) is 11.1 Å². The summed E-state index contributed by atoms with van der Waals surface area (Å²) < 4.78 is 15.4. The molecule has 5 rings (SSSR count). The van der Waals surface area contributed by atoms with Crippen LogP contribution < -0.4 is 15.0 Å². The van der Waals surface area contributed by atoms with Crippen molar-refractivity contribution in [3.8, 4) is 22.9 Å². The summed E-state index contributed by atoms with van der Waals surface area (Å²) in [5, 5.41) is 5.06. The third-order valence-electron chi connectivity index (χ3n) is 5.77. The molecule has 6 nitrogen and oxygen atoms in total. The zero-order valence-corrected chi connectivity index (χ0v) is 24.8. The number of methoxy groups -OCH3 is 1. The lowest BCUT2D eigenvalue weighted by atomic mass is 10.2. The van der Waals surface area contributed by atoms with Crippen LogP contribution in [-0.2, 0) is 6.61 Å². The zero-order chi connectivity index (χ0) is 26.6. The normalized spacial score (nSPS) is 11.3. The lowest BCUT2D eigenvalue weighted by Crippen LogP contribution is -2.20. The van der Waals surface area contributed by atoms with E-state index in [1.165, 1.54) is 4.68 Å². The minimum atomic E-state index is -0.262. The molecular formula is C29H20Br3N3O3. The van der Waals surface area contributed by atoms with Gasteiger partial charge in [-0.1, -0.05) is 70.5 Å². The molecule has 4 aromatic carbocycles. The summed E-state index contributed by atoms with van der Waals surface area (Å²) in [4.78, 5) is 18.2. The molecule has 0 aliphatic rings. The van der Waals surface area contributed by atoms with E-state index in [-0.39, 0.29) is 5.56 Å². The molecule has 0 unspecified atom stereocenters. The van der Waals surface area contributed by atoms with E-state index in [1.54, 1.807) is 25.5 Å². The summed E-state index contributed by atoms with van der Waals surface area (Å²) in [5.41, 5.74) is 2.83. The van der Waals surface area contributed by atoms with Gasteiger partial charge in [0.25, 0.3) is 5.56 Å². The predicted octanol–water partition coefficient (Wildman–Crippen LogP) is 7.82. The molecule has 0 saturated heterocycles. The van der Waals surface area contributed by atoms with Crippen molar-refractivity contribution >= 4 is 64.9 Å². The number of halogens is 3. The number of para-hydroxylation sites is 1. The van der Waals surface area contributed by atoms with Gasteiger partial charge in [0, 0.05) is 20.1 Å². The van der Waals surface area contributed by atoms with Gasteiger partial charge in [0.05, 0.1) is 28.7 Å². The third-order valence-corrected chi connectivity index (χ3v) is 8.44. The van der Waals surface area contributed by atoms with Crippen molar-refractivity contribution in [2.75, 3.05) is 7.11 Å². The zero-order valence-electron chi connectivity index (χ0n) is 20.1. The summed E-state index contributed by atoms with van der Waals surface area (Å²) in [6, 6.07) is 26.5. The van der Waals surface area contributed by atoms with E-state index in [4.69, 9.17) is 14.5 Å². The van der Waals surface area contributed by atoms with Crippen LogP contribution in [0.15, 0.2) is 108 Å². The Morgan fingerprint density at radius 1 is 0.921 bits per heavy atom. The highest BCUT2D eigenvalue weighted by atomic mass is 79.9. The summed E-state index contributed by atoms with van der Waals surface area (Å²) in [6.07, 6.45) is 1.60. The van der Waals surface area contributed by atoms with E-state index in [2.05, 4.69) is 52.9 Å². The van der Waals surface area contributed by atoms with Crippen LogP contribution in [0, 0.1) is 0 Å². The molecule has 1 aromatic heterocycles. The Bertz CT molecular complexity index is 1700. The van der Waals surface area contributed by atoms with Crippen LogP contribution in [0.5, 0.6) is 11.5 Å². The fraction of sp³-hybridized carbons (Fsp3) is 0.0690. The first-order valence-corrected chi connectivity index (χ1v) is 13.9. The number of ether oxygens (including phenoxy) is 2. The molecule has 9 heteroatoms. The number of benzene rings is 4. The highest BCUT2D eigenvalue weighted by molar-refractivity contribution is 9.13. The van der Waals surface area contributed by atoms with Crippen LogP contribution in [0.25, 0.3) is 22.3 Å². The molecule has 0 aliphatic carbocycles. The molecule has 0 bridgehead atoms. The first kappa shape index (κ1) is 26.3. The monoisotopic (exact) mass is 695 g/mol. The van der Waals surface area contributed by atoms with E-state index in [1.807, 2.05) is 72.8 Å². The molecule has 0 aliphatic heterocycles. The van der Waals surface area contributed by atoms with Gasteiger partial charge in [-0.15, -0.1) is 0 Å². The molecule has 5 aromatic rings. The Hall–Kier alpha value is -3.27. The summed E-state index contributed by atoms with van der Waals surface area (Å²) >= 11 is 10.7. The van der Waals surface area contributed by atoms with Gasteiger partial charge in [0.2, 0.25) is 0 Å². The summed E-state index contributed by atoms with van der Waals surface area (Å²) in [7, 11) is 1.58. The maximum atomic E-state index is 13.5. The van der Waals surface area contributed by atoms with Crippen molar-refractivity contribution in [3.05, 3.63) is 120 Å². The van der Waals surface area contributed by atoms with E-state index in [0.29, 0.717) is 49.3 Å². The molecule has 38 heavy (non-hydrogen) atoms. The lowest BCUT2D eigenvalue weighted by Gasteiger charge is -2.15. The minimum Gasteiger partial charge on any atom is -0.493 e. The van der Waals surface area contributed by atoms with Gasteiger partial charge in [-0.05, 0) is 67.8 Å². The second-order valence-electron chi connectivity index (χ2n) is 8.22. The van der Waals surface area contributed by atoms with Crippen molar-refractivity contribution in [1.29, 1.82) is 0 Å². The van der Waals surface area contributed by atoms with E-state index >= 15 is 0 Å². The van der Waals surface area contributed by atoms with Gasteiger partial charge in [0.1, 0.15) is 6.61 Å². The number of hydrogen-bond acceptors (Lipinski definition) is 5. The second-order valence-corrected chi connectivity index (χ2v) is 10.7. The van der Waals surface area contributed by atoms with Gasteiger partial charge in [0.15, 0.2) is 17.3 Å². The number of aromatic nitrogens is 2. The third kappa shape index (κ3) is 5.45. The molecule has 0 spiro atoms. The fourth-order valence-corrected chi connectivity index (χ4v) is 5.05. The van der Waals surface area contributed by atoms with Crippen LogP contribution in [0.4, 0.5) is 0 Å². The van der Waals surface area contributed by atoms with E-state index < -0.39 is 0 Å². The largest absolute Gasteiger partial charge is 0.493 e. The molecule has 0 N–H and O–H groups in total. The van der Waals surface area contributed by atoms with Crippen LogP contribution >= 0.6 is 47.8 Å². The average Bonchev–Trinajstić information content (AvgIpc) is 2.95. The highest BCUT2D eigenvalue weighted by Crippen LogP contribution is 2.42. The standard InChI is InChI=1S/C29H20Br3N3O3/c1-37-24-15-20(25(31)26(32)27(24)38-17-18-11-13-21(30)14-12-18)16-33-35-28(19-7-3-2-4-8-19)34-23-10-6-5-9-22(23)29(35)36/h2-16H,17H2,1H3. The smallest absolute Gasteiger partial charge is 0.282 e. The molecule has 190 valence electrons. The van der Waals surface area contributed by atoms with Crippen LogP contribution in [0.2, 0.25) is 0 Å². The van der Waals surface area contributed by atoms with E-state index in [9.17, 15) is 4.79 Å². The summed E-state index contributed by atoms with van der Waals surface area (Å²) in [5.74, 6) is 1.52. The molecule has 0 radical (unpaired) electrons. The summed E-state index contributed by atoms with van der Waals surface area (Å²) in [6.45, 7) is 0.362. The van der Waals surface area contributed by atoms with Crippen molar-refractivity contribution < 1.29 is 9.47 Å². The molecule has 0 amide bonds. The first-order valence-electron chi connectivity index (χ1n) is 11.5. The number of rotatable bonds is 7. The molecule has 0 atom stereocenters. The van der Waals surface area contributed by atoms with Gasteiger partial charge in [-0.25, -0.2) is 4.98 Å². The van der Waals surface area contributed by atoms with Crippen molar-refractivity contribution in [3.63, 3.8) is 0 Å². The van der Waals surface area contributed by atoms with Crippen LogP contribution in [-0.4, -0.2) is 23.0 Å². The van der Waals surface area contributed by atoms with Gasteiger partial charge in [-0.3, -0.25) is 4.79 Å². The van der Waals surface area contributed by atoms with Crippen molar-refractivity contribution in [2.45, 2.75) is 6.61 Å². The Balaban J connectivity index is 1.55. The van der Waals surface area contributed by atoms with Crippen LogP contribution in [0.3, 0.4) is 0 Å². The first-order chi connectivity index (χ1) is 18.5. The lowest BCUT2D eigenvalue weighted by molar-refractivity contribution is 0.282. The average molecular weight is 698 g/mol. The molecule has 0 fully saturated rings. The van der Waals surface area contributed by atoms with Gasteiger partial charge >= 0.3 is 0 Å². The number of hydrogen-bond donors (Lipinski definition) is 0. The Morgan fingerprint density at radius 2 is 1.63 bits per heavy atom. The SMILES string of the molecule is COc1cc(C=Nn2c(-c3ccccc3)nc3ccccc3c2=O)c(Br)c(Br)c1OCc1ccc(Br)cc1. The Labute approximate surface area is 244 Å². The Kier molecular flexibility index (Phi) is 8.06. The molecule has 1 heterocycles. The highest BCUT2D eigenvalue weighted by Gasteiger charge is 2.18. The maximum absolute atomic E-state index is 13.5. The molecular weight excluding hydrogens is 678 g/mol. The number of fused-ring (bicyclic) bond motifs is 1. The van der Waals surface area contributed by atoms with Gasteiger partial charge < -0.3 is 9.47 Å². The maximum Gasteiger partial charge on any atom is 0.282 e. The number of nitrogens with zero attached hydrogens (tertiary/aromatic N) is 3. The molecule has 0 saturated carbocycles. The van der Waals surface area contributed by atoms with E-state index in [0.717, 1.165) is 15.6 Å². The van der Waals surface area contributed by atoms with Crippen molar-refractivity contribution in [1.82, 2.24) is 9.66 Å². The second kappa shape index (κ2) is 11.6.